The summed E-state index contributed by atoms with van der Waals surface area (Å²) in [5, 5.41) is 4.70. The van der Waals surface area contributed by atoms with Gasteiger partial charge in [0.05, 0.1) is 24.8 Å². The standard InChI is InChI=1S/C31H41F3N6O2/c1-20-17-38(18-21(2)42-20)30(41)39(12-11-26(35)16-32)27(31(3,4)5)29-36-28(23-13-24(33)15-25(34)14-23)37-40(29)19-22-9-7-6-8-10-22/h6-10,13-15,20-21,26-27H,11-12,16-19,35H2,1-5H3/t20-,21+,26?,27-/m0/s1. The summed E-state index contributed by atoms with van der Waals surface area (Å²) >= 11 is 0. The number of carbonyl (C=O) groups excluding carboxylic acids is 1. The number of amides is 2. The van der Waals surface area contributed by atoms with E-state index >= 15 is 0 Å². The van der Waals surface area contributed by atoms with Crippen LogP contribution in [0.15, 0.2) is 48.5 Å². The Morgan fingerprint density at radius 2 is 1.71 bits per heavy atom. The Morgan fingerprint density at radius 1 is 1.10 bits per heavy atom. The van der Waals surface area contributed by atoms with Gasteiger partial charge in [-0.2, -0.15) is 5.10 Å². The summed E-state index contributed by atoms with van der Waals surface area (Å²) in [5.74, 6) is -0.908. The number of hydrogen-bond donors (Lipinski definition) is 1. The minimum atomic E-state index is -0.745. The number of carbonyl (C=O) groups is 1. The Morgan fingerprint density at radius 3 is 2.29 bits per heavy atom. The molecule has 2 heterocycles. The van der Waals surface area contributed by atoms with Crippen molar-refractivity contribution in [1.82, 2.24) is 24.6 Å². The van der Waals surface area contributed by atoms with E-state index in [2.05, 4.69) is 0 Å². The van der Waals surface area contributed by atoms with Crippen LogP contribution in [0.3, 0.4) is 0 Å². The molecule has 11 heteroatoms. The molecule has 3 aromatic rings. The SMILES string of the molecule is C[C@@H]1CN(C(=O)N(CCC(N)CF)[C@@H](c2nc(-c3cc(F)cc(F)c3)nn2Cc2ccccc2)C(C)(C)C)C[C@H](C)O1. The summed E-state index contributed by atoms with van der Waals surface area (Å²) in [4.78, 5) is 22.6. The Labute approximate surface area is 245 Å². The molecule has 2 amide bonds. The molecule has 1 fully saturated rings. The molecule has 1 aromatic heterocycles. The largest absolute Gasteiger partial charge is 0.372 e. The van der Waals surface area contributed by atoms with E-state index in [0.29, 0.717) is 25.5 Å². The maximum Gasteiger partial charge on any atom is 0.320 e. The summed E-state index contributed by atoms with van der Waals surface area (Å²) in [6.45, 7) is 10.4. The summed E-state index contributed by atoms with van der Waals surface area (Å²) in [7, 11) is 0. The molecule has 0 spiro atoms. The number of benzene rings is 2. The first-order valence-electron chi connectivity index (χ1n) is 14.3. The molecular formula is C31H41F3N6O2. The zero-order valence-electron chi connectivity index (χ0n) is 24.9. The second kappa shape index (κ2) is 13.2. The van der Waals surface area contributed by atoms with Crippen LogP contribution in [0.2, 0.25) is 0 Å². The van der Waals surface area contributed by atoms with E-state index in [4.69, 9.17) is 20.6 Å². The number of aromatic nitrogens is 3. The van der Waals surface area contributed by atoms with Crippen molar-refractivity contribution in [2.75, 3.05) is 26.3 Å². The molecule has 4 atom stereocenters. The lowest BCUT2D eigenvalue weighted by Crippen LogP contribution is -2.55. The molecule has 0 radical (unpaired) electrons. The van der Waals surface area contributed by atoms with Gasteiger partial charge in [0.25, 0.3) is 0 Å². The molecule has 1 aliphatic rings. The van der Waals surface area contributed by atoms with Gasteiger partial charge in [-0.1, -0.05) is 51.1 Å². The van der Waals surface area contributed by atoms with Gasteiger partial charge in [0, 0.05) is 37.3 Å². The molecule has 2 aromatic carbocycles. The molecule has 42 heavy (non-hydrogen) atoms. The second-order valence-corrected chi connectivity index (χ2v) is 12.2. The lowest BCUT2D eigenvalue weighted by atomic mass is 9.84. The summed E-state index contributed by atoms with van der Waals surface area (Å²) in [6, 6.07) is 11.1. The molecular weight excluding hydrogens is 545 g/mol. The number of nitrogens with two attached hydrogens (primary N) is 1. The first-order chi connectivity index (χ1) is 19.8. The van der Waals surface area contributed by atoms with E-state index in [1.54, 1.807) is 14.5 Å². The van der Waals surface area contributed by atoms with Crippen molar-refractivity contribution in [2.24, 2.45) is 11.1 Å². The zero-order valence-corrected chi connectivity index (χ0v) is 24.9. The number of hydrogen-bond acceptors (Lipinski definition) is 5. The second-order valence-electron chi connectivity index (χ2n) is 12.2. The quantitative estimate of drug-likeness (QED) is 0.354. The highest BCUT2D eigenvalue weighted by molar-refractivity contribution is 5.75. The maximum atomic E-state index is 14.3. The summed E-state index contributed by atoms with van der Waals surface area (Å²) < 4.78 is 49.4. The van der Waals surface area contributed by atoms with Crippen LogP contribution >= 0.6 is 0 Å². The average Bonchev–Trinajstić information content (AvgIpc) is 3.31. The molecule has 1 unspecified atom stereocenters. The molecule has 8 nitrogen and oxygen atoms in total. The topological polar surface area (TPSA) is 89.5 Å². The molecule has 0 saturated carbocycles. The van der Waals surface area contributed by atoms with Gasteiger partial charge in [0.2, 0.25) is 0 Å². The molecule has 0 bridgehead atoms. The van der Waals surface area contributed by atoms with Crippen LogP contribution in [0.1, 0.15) is 58.5 Å². The van der Waals surface area contributed by atoms with Crippen LogP contribution in [-0.2, 0) is 11.3 Å². The molecule has 0 aliphatic carbocycles. The maximum absolute atomic E-state index is 14.3. The Bertz CT molecular complexity index is 1320. The fourth-order valence-corrected chi connectivity index (χ4v) is 5.46. The molecule has 2 N–H and O–H groups in total. The zero-order chi connectivity index (χ0) is 30.6. The van der Waals surface area contributed by atoms with Crippen LogP contribution in [0.5, 0.6) is 0 Å². The van der Waals surface area contributed by atoms with Gasteiger partial charge in [-0.15, -0.1) is 0 Å². The van der Waals surface area contributed by atoms with Crippen molar-refractivity contribution in [2.45, 2.75) is 71.9 Å². The highest BCUT2D eigenvalue weighted by Crippen LogP contribution is 2.39. The number of morpholine rings is 1. The van der Waals surface area contributed by atoms with Crippen molar-refractivity contribution in [1.29, 1.82) is 0 Å². The van der Waals surface area contributed by atoms with Crippen LogP contribution in [0.25, 0.3) is 11.4 Å². The van der Waals surface area contributed by atoms with E-state index in [9.17, 15) is 18.0 Å². The number of ether oxygens (including phenoxy) is 1. The van der Waals surface area contributed by atoms with Gasteiger partial charge in [0.15, 0.2) is 11.6 Å². The fraction of sp³-hybridized carbons (Fsp3) is 0.516. The number of urea groups is 1. The van der Waals surface area contributed by atoms with E-state index in [1.807, 2.05) is 65.0 Å². The normalized spacial score (nSPS) is 19.0. The highest BCUT2D eigenvalue weighted by atomic mass is 19.1. The van der Waals surface area contributed by atoms with Gasteiger partial charge in [-0.3, -0.25) is 0 Å². The Hall–Kier alpha value is -3.44. The molecule has 4 rings (SSSR count). The predicted molar refractivity (Wildman–Crippen MR) is 155 cm³/mol. The average molecular weight is 587 g/mol. The van der Waals surface area contributed by atoms with Gasteiger partial charge < -0.3 is 20.3 Å². The third-order valence-corrected chi connectivity index (χ3v) is 7.25. The van der Waals surface area contributed by atoms with E-state index in [0.717, 1.165) is 11.6 Å². The number of nitrogens with zero attached hydrogens (tertiary/aromatic N) is 5. The lowest BCUT2D eigenvalue weighted by molar-refractivity contribution is -0.0613. The Kier molecular flexibility index (Phi) is 9.93. The minimum absolute atomic E-state index is 0.134. The third-order valence-electron chi connectivity index (χ3n) is 7.25. The lowest BCUT2D eigenvalue weighted by Gasteiger charge is -2.44. The smallest absolute Gasteiger partial charge is 0.320 e. The van der Waals surface area contributed by atoms with Crippen LogP contribution < -0.4 is 5.73 Å². The van der Waals surface area contributed by atoms with Crippen LogP contribution in [0, 0.1) is 17.0 Å². The van der Waals surface area contributed by atoms with E-state index < -0.39 is 35.8 Å². The highest BCUT2D eigenvalue weighted by Gasteiger charge is 2.41. The van der Waals surface area contributed by atoms with Crippen molar-refractivity contribution in [3.63, 3.8) is 0 Å². The Balaban J connectivity index is 1.85. The van der Waals surface area contributed by atoms with E-state index in [-0.39, 0.29) is 42.6 Å². The first kappa shape index (κ1) is 31.5. The molecule has 228 valence electrons. The van der Waals surface area contributed by atoms with Crippen LogP contribution in [-0.4, -0.2) is 75.2 Å². The van der Waals surface area contributed by atoms with Crippen molar-refractivity contribution < 1.29 is 22.7 Å². The fourth-order valence-electron chi connectivity index (χ4n) is 5.46. The predicted octanol–water partition coefficient (Wildman–Crippen LogP) is 5.58. The van der Waals surface area contributed by atoms with Crippen molar-refractivity contribution in [3.05, 3.63) is 71.6 Å². The summed E-state index contributed by atoms with van der Waals surface area (Å²) in [6.07, 6.45) is -0.0760. The van der Waals surface area contributed by atoms with Crippen LogP contribution in [0.4, 0.5) is 18.0 Å². The minimum Gasteiger partial charge on any atom is -0.372 e. The first-order valence-corrected chi connectivity index (χ1v) is 14.3. The molecule has 1 aliphatic heterocycles. The monoisotopic (exact) mass is 586 g/mol. The summed E-state index contributed by atoms with van der Waals surface area (Å²) in [5.41, 5.74) is 6.52. The molecule has 1 saturated heterocycles. The van der Waals surface area contributed by atoms with Gasteiger partial charge >= 0.3 is 6.03 Å². The van der Waals surface area contributed by atoms with Crippen molar-refractivity contribution >= 4 is 6.03 Å². The van der Waals surface area contributed by atoms with Gasteiger partial charge in [0.1, 0.15) is 18.3 Å². The number of alkyl halides is 1. The third kappa shape index (κ3) is 7.69. The number of halogens is 3. The van der Waals surface area contributed by atoms with Gasteiger partial charge in [-0.05, 0) is 43.4 Å². The van der Waals surface area contributed by atoms with E-state index in [1.165, 1.54) is 12.1 Å². The number of rotatable bonds is 9. The van der Waals surface area contributed by atoms with Gasteiger partial charge in [-0.25, -0.2) is 27.6 Å². The van der Waals surface area contributed by atoms with Crippen molar-refractivity contribution in [3.8, 4) is 11.4 Å².